The molecule has 0 aromatic heterocycles. The van der Waals surface area contributed by atoms with Crippen molar-refractivity contribution in [2.24, 2.45) is 0 Å². The Bertz CT molecular complexity index is 330. The van der Waals surface area contributed by atoms with E-state index in [-0.39, 0.29) is 17.9 Å². The summed E-state index contributed by atoms with van der Waals surface area (Å²) in [5.74, 6) is 0.872. The molecule has 1 rings (SSSR count). The van der Waals surface area contributed by atoms with Gasteiger partial charge in [0.2, 0.25) is 0 Å². The minimum atomic E-state index is 0.197. The molecule has 2 atom stereocenters. The van der Waals surface area contributed by atoms with E-state index in [4.69, 9.17) is 9.84 Å². The second-order valence-corrected chi connectivity index (χ2v) is 5.99. The highest BCUT2D eigenvalue weighted by Gasteiger charge is 2.13. The number of thioether (sulfide) groups is 1. The van der Waals surface area contributed by atoms with Crippen molar-refractivity contribution in [3.63, 3.8) is 0 Å². The van der Waals surface area contributed by atoms with Gasteiger partial charge in [-0.25, -0.2) is 0 Å². The molecule has 0 aliphatic rings. The summed E-state index contributed by atoms with van der Waals surface area (Å²) >= 11 is 5.06. The topological polar surface area (TPSA) is 41.5 Å². The molecule has 0 saturated heterocycles. The van der Waals surface area contributed by atoms with Gasteiger partial charge >= 0.3 is 0 Å². The number of aliphatic hydroxyl groups excluding tert-OH is 1. The number of nitrogens with one attached hydrogen (secondary N) is 1. The summed E-state index contributed by atoms with van der Waals surface area (Å²) < 4.78 is 6.65. The van der Waals surface area contributed by atoms with Crippen LogP contribution in [0, 0.1) is 0 Å². The van der Waals surface area contributed by atoms with Gasteiger partial charge in [0.05, 0.1) is 6.61 Å². The first-order chi connectivity index (χ1) is 8.67. The molecule has 0 saturated carbocycles. The molecule has 0 spiro atoms. The molecule has 0 heterocycles. The first-order valence-electron chi connectivity index (χ1n) is 5.92. The van der Waals surface area contributed by atoms with Crippen LogP contribution in [0.25, 0.3) is 0 Å². The fourth-order valence-corrected chi connectivity index (χ4v) is 2.47. The van der Waals surface area contributed by atoms with Gasteiger partial charge in [-0.1, -0.05) is 15.9 Å². The van der Waals surface area contributed by atoms with Crippen molar-refractivity contribution in [3.8, 4) is 5.75 Å². The van der Waals surface area contributed by atoms with Gasteiger partial charge in [-0.2, -0.15) is 11.8 Å². The van der Waals surface area contributed by atoms with Crippen LogP contribution in [0.2, 0.25) is 0 Å². The third kappa shape index (κ3) is 5.61. The van der Waals surface area contributed by atoms with E-state index in [1.54, 1.807) is 11.8 Å². The quantitative estimate of drug-likeness (QED) is 0.717. The Morgan fingerprint density at radius 1 is 1.39 bits per heavy atom. The van der Waals surface area contributed by atoms with Gasteiger partial charge in [0.15, 0.2) is 0 Å². The van der Waals surface area contributed by atoms with Crippen LogP contribution in [0.5, 0.6) is 5.75 Å². The van der Waals surface area contributed by atoms with Crippen molar-refractivity contribution in [2.45, 2.75) is 18.2 Å². The number of benzene rings is 1. The number of hydrogen-bond donors (Lipinski definition) is 2. The number of hydrogen-bond acceptors (Lipinski definition) is 4. The first-order valence-corrected chi connectivity index (χ1v) is 8.01. The zero-order valence-corrected chi connectivity index (χ0v) is 13.1. The zero-order chi connectivity index (χ0) is 13.4. The maximum atomic E-state index is 9.16. The second kappa shape index (κ2) is 8.80. The Hall–Kier alpha value is -0.230. The molecule has 2 N–H and O–H groups in total. The van der Waals surface area contributed by atoms with Gasteiger partial charge in [0, 0.05) is 22.3 Å². The lowest BCUT2D eigenvalue weighted by Crippen LogP contribution is -2.39. The molecule has 0 aliphatic heterocycles. The van der Waals surface area contributed by atoms with E-state index in [9.17, 15) is 0 Å². The standard InChI is InChI=1S/C13H20BrNO2S/c1-10(13(9-16)18-2)15-7-8-17-12-5-3-11(14)4-6-12/h3-6,10,13,15-16H,7-9H2,1-2H3. The molecule has 0 fully saturated rings. The second-order valence-electron chi connectivity index (χ2n) is 4.00. The van der Waals surface area contributed by atoms with Gasteiger partial charge in [-0.15, -0.1) is 0 Å². The van der Waals surface area contributed by atoms with Crippen molar-refractivity contribution in [2.75, 3.05) is 26.0 Å². The highest BCUT2D eigenvalue weighted by molar-refractivity contribution is 9.10. The summed E-state index contributed by atoms with van der Waals surface area (Å²) in [5.41, 5.74) is 0. The van der Waals surface area contributed by atoms with Crippen molar-refractivity contribution in [1.82, 2.24) is 5.32 Å². The summed E-state index contributed by atoms with van der Waals surface area (Å²) in [6, 6.07) is 8.07. The first kappa shape index (κ1) is 15.8. The Morgan fingerprint density at radius 2 is 2.06 bits per heavy atom. The van der Waals surface area contributed by atoms with E-state index in [0.29, 0.717) is 6.61 Å². The molecule has 102 valence electrons. The molecule has 1 aromatic carbocycles. The third-order valence-electron chi connectivity index (χ3n) is 2.69. The molecule has 3 nitrogen and oxygen atoms in total. The number of halogens is 1. The molecule has 1 aromatic rings. The highest BCUT2D eigenvalue weighted by Crippen LogP contribution is 2.15. The Labute approximate surface area is 121 Å². The average molecular weight is 334 g/mol. The fourth-order valence-electron chi connectivity index (χ4n) is 1.55. The van der Waals surface area contributed by atoms with Crippen LogP contribution in [0.15, 0.2) is 28.7 Å². The normalized spacial score (nSPS) is 14.2. The number of rotatable bonds is 8. The summed E-state index contributed by atoms with van der Waals surface area (Å²) in [4.78, 5) is 0. The molecule has 18 heavy (non-hydrogen) atoms. The lowest BCUT2D eigenvalue weighted by Gasteiger charge is -2.21. The van der Waals surface area contributed by atoms with Gasteiger partial charge in [0.25, 0.3) is 0 Å². The van der Waals surface area contributed by atoms with E-state index >= 15 is 0 Å². The molecule has 5 heteroatoms. The Morgan fingerprint density at radius 3 is 2.61 bits per heavy atom. The average Bonchev–Trinajstić information content (AvgIpc) is 2.38. The van der Waals surface area contributed by atoms with Crippen molar-refractivity contribution >= 4 is 27.7 Å². The van der Waals surface area contributed by atoms with Crippen LogP contribution in [-0.4, -0.2) is 42.4 Å². The van der Waals surface area contributed by atoms with Gasteiger partial charge < -0.3 is 15.2 Å². The van der Waals surface area contributed by atoms with Crippen LogP contribution in [0.1, 0.15) is 6.92 Å². The van der Waals surface area contributed by atoms with E-state index in [1.165, 1.54) is 0 Å². The maximum absolute atomic E-state index is 9.16. The van der Waals surface area contributed by atoms with Gasteiger partial charge in [-0.3, -0.25) is 0 Å². The molecular formula is C13H20BrNO2S. The SMILES string of the molecule is CSC(CO)C(C)NCCOc1ccc(Br)cc1. The molecular weight excluding hydrogens is 314 g/mol. The fraction of sp³-hybridized carbons (Fsp3) is 0.538. The van der Waals surface area contributed by atoms with Gasteiger partial charge in [-0.05, 0) is 37.4 Å². The highest BCUT2D eigenvalue weighted by atomic mass is 79.9. The Kier molecular flexibility index (Phi) is 7.74. The summed E-state index contributed by atoms with van der Waals surface area (Å²) in [5, 5.41) is 12.7. The van der Waals surface area contributed by atoms with Crippen LogP contribution in [0.4, 0.5) is 0 Å². The van der Waals surface area contributed by atoms with Crippen molar-refractivity contribution < 1.29 is 9.84 Å². The van der Waals surface area contributed by atoms with E-state index in [1.807, 2.05) is 30.5 Å². The monoisotopic (exact) mass is 333 g/mol. The lowest BCUT2D eigenvalue weighted by atomic mass is 10.2. The molecule has 0 radical (unpaired) electrons. The molecule has 0 amide bonds. The minimum absolute atomic E-state index is 0.197. The minimum Gasteiger partial charge on any atom is -0.492 e. The molecule has 0 bridgehead atoms. The van der Waals surface area contributed by atoms with Crippen LogP contribution < -0.4 is 10.1 Å². The predicted octanol–water partition coefficient (Wildman–Crippen LogP) is 2.53. The van der Waals surface area contributed by atoms with Crippen molar-refractivity contribution in [1.29, 1.82) is 0 Å². The predicted molar refractivity (Wildman–Crippen MR) is 81.5 cm³/mol. The number of ether oxygens (including phenoxy) is 1. The maximum Gasteiger partial charge on any atom is 0.119 e. The van der Waals surface area contributed by atoms with Gasteiger partial charge in [0.1, 0.15) is 12.4 Å². The summed E-state index contributed by atoms with van der Waals surface area (Å²) in [6.45, 7) is 3.67. The third-order valence-corrected chi connectivity index (χ3v) is 4.38. The Balaban J connectivity index is 2.20. The molecule has 2 unspecified atom stereocenters. The lowest BCUT2D eigenvalue weighted by molar-refractivity contribution is 0.265. The smallest absolute Gasteiger partial charge is 0.119 e. The van der Waals surface area contributed by atoms with Crippen LogP contribution >= 0.6 is 27.7 Å². The van der Waals surface area contributed by atoms with Crippen LogP contribution in [-0.2, 0) is 0 Å². The summed E-state index contributed by atoms with van der Waals surface area (Å²) in [7, 11) is 0. The van der Waals surface area contributed by atoms with Crippen molar-refractivity contribution in [3.05, 3.63) is 28.7 Å². The zero-order valence-electron chi connectivity index (χ0n) is 10.7. The summed E-state index contributed by atoms with van der Waals surface area (Å²) in [6.07, 6.45) is 2.01. The largest absolute Gasteiger partial charge is 0.492 e. The van der Waals surface area contributed by atoms with E-state index in [0.717, 1.165) is 16.8 Å². The molecule has 0 aliphatic carbocycles. The number of aliphatic hydroxyl groups is 1. The van der Waals surface area contributed by atoms with E-state index < -0.39 is 0 Å². The van der Waals surface area contributed by atoms with Crippen LogP contribution in [0.3, 0.4) is 0 Å². The van der Waals surface area contributed by atoms with E-state index in [2.05, 4.69) is 28.2 Å².